The zero-order valence-corrected chi connectivity index (χ0v) is 13.2. The first-order valence-electron chi connectivity index (χ1n) is 7.93. The molecule has 1 aliphatic carbocycles. The fourth-order valence-corrected chi connectivity index (χ4v) is 2.85. The Kier molecular flexibility index (Phi) is 3.65. The van der Waals surface area contributed by atoms with Gasteiger partial charge in [0.05, 0.1) is 6.20 Å². The Labute approximate surface area is 138 Å². The Morgan fingerprint density at radius 3 is 2.88 bits per heavy atom. The Hall–Kier alpha value is -2.89. The van der Waals surface area contributed by atoms with Crippen molar-refractivity contribution in [3.05, 3.63) is 48.5 Å². The van der Waals surface area contributed by atoms with E-state index < -0.39 is 0 Å². The molecule has 24 heavy (non-hydrogen) atoms. The van der Waals surface area contributed by atoms with Crippen LogP contribution >= 0.6 is 0 Å². The number of benzene rings is 1. The Bertz CT molecular complexity index is 879. The second-order valence-electron chi connectivity index (χ2n) is 6.00. The fourth-order valence-electron chi connectivity index (χ4n) is 2.85. The maximum absolute atomic E-state index is 12.1. The van der Waals surface area contributed by atoms with E-state index >= 15 is 0 Å². The van der Waals surface area contributed by atoms with Crippen LogP contribution in [0.1, 0.15) is 18.6 Å². The average molecular weight is 323 g/mol. The Morgan fingerprint density at radius 1 is 1.25 bits per heavy atom. The lowest BCUT2D eigenvalue weighted by molar-refractivity contribution is -0.125. The van der Waals surface area contributed by atoms with Gasteiger partial charge in [0.15, 0.2) is 0 Å². The van der Waals surface area contributed by atoms with Crippen LogP contribution in [0.15, 0.2) is 47.1 Å². The lowest BCUT2D eigenvalue weighted by Crippen LogP contribution is -2.40. The number of hydrogen-bond donors (Lipinski definition) is 1. The lowest BCUT2D eigenvalue weighted by Gasteiger charge is -2.34. The van der Waals surface area contributed by atoms with Crippen LogP contribution < -0.4 is 10.1 Å². The van der Waals surface area contributed by atoms with Gasteiger partial charge >= 0.3 is 6.01 Å². The summed E-state index contributed by atoms with van der Waals surface area (Å²) in [5.41, 5.74) is 0.850. The summed E-state index contributed by atoms with van der Waals surface area (Å²) in [6, 6.07) is 10.0. The number of fused-ring (bicyclic) bond motifs is 1. The molecule has 1 N–H and O–H groups in total. The number of aromatic nitrogens is 2. The summed E-state index contributed by atoms with van der Waals surface area (Å²) < 4.78 is 11.3. The molecule has 0 saturated heterocycles. The number of nitrogens with one attached hydrogen (secondary N) is 1. The smallest absolute Gasteiger partial charge is 0.301 e. The van der Waals surface area contributed by atoms with E-state index in [-0.39, 0.29) is 23.9 Å². The van der Waals surface area contributed by atoms with Gasteiger partial charge in [-0.3, -0.25) is 15.1 Å². The molecule has 6 heteroatoms. The number of amides is 1. The molecule has 4 rings (SSSR count). The number of aryl methyl sites for hydroxylation is 1. The van der Waals surface area contributed by atoms with Crippen LogP contribution in [0.2, 0.25) is 0 Å². The van der Waals surface area contributed by atoms with Gasteiger partial charge in [-0.05, 0) is 31.9 Å². The van der Waals surface area contributed by atoms with Crippen molar-refractivity contribution in [2.45, 2.75) is 25.9 Å². The maximum Gasteiger partial charge on any atom is 0.301 e. The highest BCUT2D eigenvalue weighted by atomic mass is 16.5. The topological polar surface area (TPSA) is 77.2 Å². The van der Waals surface area contributed by atoms with Gasteiger partial charge in [0, 0.05) is 17.5 Å². The summed E-state index contributed by atoms with van der Waals surface area (Å²) in [7, 11) is 0. The van der Waals surface area contributed by atoms with E-state index in [9.17, 15) is 4.79 Å². The van der Waals surface area contributed by atoms with Crippen LogP contribution in [-0.4, -0.2) is 22.0 Å². The third-order valence-electron chi connectivity index (χ3n) is 4.21. The van der Waals surface area contributed by atoms with Crippen LogP contribution in [0.5, 0.6) is 5.75 Å². The molecule has 2 aromatic heterocycles. The molecule has 6 nitrogen and oxygen atoms in total. The quantitative estimate of drug-likeness (QED) is 0.797. The molecular weight excluding hydrogens is 306 g/mol. The van der Waals surface area contributed by atoms with Crippen LogP contribution in [0.25, 0.3) is 10.9 Å². The number of pyridine rings is 1. The molecule has 1 amide bonds. The Morgan fingerprint density at radius 2 is 2.08 bits per heavy atom. The fraction of sp³-hybridized carbons (Fsp3) is 0.278. The normalized spacial score (nSPS) is 19.7. The summed E-state index contributed by atoms with van der Waals surface area (Å²) in [5.74, 6) is 1.28. The molecule has 0 radical (unpaired) electrons. The SMILES string of the molecule is Cc1cnc(NC(=O)[C@H]2C[C@H](Oc3cccc4cccnc34)C2)o1. The van der Waals surface area contributed by atoms with Gasteiger partial charge in [-0.15, -0.1) is 0 Å². The van der Waals surface area contributed by atoms with Crippen molar-refractivity contribution in [1.29, 1.82) is 0 Å². The molecule has 0 bridgehead atoms. The number of anilines is 1. The predicted octanol–water partition coefficient (Wildman–Crippen LogP) is 3.33. The number of para-hydroxylation sites is 1. The second kappa shape index (κ2) is 5.96. The monoisotopic (exact) mass is 323 g/mol. The summed E-state index contributed by atoms with van der Waals surface area (Å²) in [6.45, 7) is 1.79. The van der Waals surface area contributed by atoms with Crippen LogP contribution in [0.3, 0.4) is 0 Å². The average Bonchev–Trinajstić information content (AvgIpc) is 2.95. The second-order valence-corrected chi connectivity index (χ2v) is 6.00. The van der Waals surface area contributed by atoms with Crippen molar-refractivity contribution in [3.63, 3.8) is 0 Å². The molecule has 0 unspecified atom stereocenters. The standard InChI is InChI=1S/C18H17N3O3/c1-11-10-20-18(23-11)21-17(22)13-8-14(9-13)24-15-6-2-4-12-5-3-7-19-16(12)15/h2-7,10,13-14H,8-9H2,1H3,(H,20,21,22)/t13-,14-. The third-order valence-corrected chi connectivity index (χ3v) is 4.21. The van der Waals surface area contributed by atoms with E-state index in [1.165, 1.54) is 0 Å². The first-order chi connectivity index (χ1) is 11.7. The van der Waals surface area contributed by atoms with Crippen molar-refractivity contribution in [3.8, 4) is 5.75 Å². The summed E-state index contributed by atoms with van der Waals surface area (Å²) >= 11 is 0. The van der Waals surface area contributed by atoms with E-state index in [1.54, 1.807) is 19.3 Å². The van der Waals surface area contributed by atoms with Crippen molar-refractivity contribution in [2.75, 3.05) is 5.32 Å². The number of ether oxygens (including phenoxy) is 1. The number of carbonyl (C=O) groups is 1. The van der Waals surface area contributed by atoms with Crippen molar-refractivity contribution < 1.29 is 13.9 Å². The van der Waals surface area contributed by atoms with E-state index in [0.717, 1.165) is 16.7 Å². The lowest BCUT2D eigenvalue weighted by atomic mass is 9.81. The predicted molar refractivity (Wildman–Crippen MR) is 88.8 cm³/mol. The number of rotatable bonds is 4. The molecule has 0 spiro atoms. The molecule has 2 heterocycles. The Balaban J connectivity index is 1.36. The number of nitrogens with zero attached hydrogens (tertiary/aromatic N) is 2. The molecule has 1 aromatic carbocycles. The van der Waals surface area contributed by atoms with Gasteiger partial charge < -0.3 is 9.15 Å². The van der Waals surface area contributed by atoms with E-state index in [1.807, 2.05) is 30.3 Å². The van der Waals surface area contributed by atoms with Crippen molar-refractivity contribution >= 4 is 22.8 Å². The maximum atomic E-state index is 12.1. The summed E-state index contributed by atoms with van der Waals surface area (Å²) in [6.07, 6.45) is 4.71. The molecule has 1 saturated carbocycles. The summed E-state index contributed by atoms with van der Waals surface area (Å²) in [4.78, 5) is 20.5. The van der Waals surface area contributed by atoms with E-state index in [4.69, 9.17) is 9.15 Å². The van der Waals surface area contributed by atoms with Gasteiger partial charge in [-0.1, -0.05) is 18.2 Å². The zero-order valence-electron chi connectivity index (χ0n) is 13.2. The van der Waals surface area contributed by atoms with Crippen molar-refractivity contribution in [2.24, 2.45) is 5.92 Å². The van der Waals surface area contributed by atoms with E-state index in [2.05, 4.69) is 15.3 Å². The highest BCUT2D eigenvalue weighted by molar-refractivity contribution is 5.91. The first-order valence-corrected chi connectivity index (χ1v) is 7.93. The molecule has 1 fully saturated rings. The number of oxazole rings is 1. The van der Waals surface area contributed by atoms with Gasteiger partial charge in [0.2, 0.25) is 5.91 Å². The van der Waals surface area contributed by atoms with Crippen LogP contribution in [-0.2, 0) is 4.79 Å². The number of hydrogen-bond acceptors (Lipinski definition) is 5. The zero-order chi connectivity index (χ0) is 16.5. The molecule has 0 aliphatic heterocycles. The highest BCUT2D eigenvalue weighted by Gasteiger charge is 2.36. The number of carbonyl (C=O) groups excluding carboxylic acids is 1. The molecule has 122 valence electrons. The summed E-state index contributed by atoms with van der Waals surface area (Å²) in [5, 5.41) is 3.74. The largest absolute Gasteiger partial charge is 0.488 e. The molecule has 3 aromatic rings. The molecule has 1 aliphatic rings. The minimum Gasteiger partial charge on any atom is -0.488 e. The van der Waals surface area contributed by atoms with Gasteiger partial charge in [-0.2, -0.15) is 0 Å². The highest BCUT2D eigenvalue weighted by Crippen LogP contribution is 2.34. The third kappa shape index (κ3) is 2.82. The van der Waals surface area contributed by atoms with Crippen LogP contribution in [0.4, 0.5) is 6.01 Å². The van der Waals surface area contributed by atoms with Gasteiger partial charge in [0.1, 0.15) is 23.1 Å². The minimum atomic E-state index is -0.0786. The van der Waals surface area contributed by atoms with Gasteiger partial charge in [-0.25, -0.2) is 4.98 Å². The van der Waals surface area contributed by atoms with Gasteiger partial charge in [0.25, 0.3) is 0 Å². The first kappa shape index (κ1) is 14.7. The van der Waals surface area contributed by atoms with Crippen LogP contribution in [0, 0.1) is 12.8 Å². The minimum absolute atomic E-state index is 0.0275. The molecule has 0 atom stereocenters. The van der Waals surface area contributed by atoms with Crippen molar-refractivity contribution in [1.82, 2.24) is 9.97 Å². The van der Waals surface area contributed by atoms with E-state index in [0.29, 0.717) is 18.6 Å². The molecular formula is C18H17N3O3.